The third-order valence-corrected chi connectivity index (χ3v) is 3.90. The summed E-state index contributed by atoms with van der Waals surface area (Å²) in [4.78, 5) is 32.3. The number of hydrogen-bond acceptors (Lipinski definition) is 6. The van der Waals surface area contributed by atoms with Gasteiger partial charge in [0, 0.05) is 18.8 Å². The average molecular weight is 373 g/mol. The van der Waals surface area contributed by atoms with E-state index in [1.165, 1.54) is 13.1 Å². The molecule has 0 fully saturated rings. The summed E-state index contributed by atoms with van der Waals surface area (Å²) in [5.74, 6) is -0.305. The van der Waals surface area contributed by atoms with E-state index in [0.717, 1.165) is 0 Å². The highest BCUT2D eigenvalue weighted by Gasteiger charge is 2.18. The van der Waals surface area contributed by atoms with Gasteiger partial charge in [0.25, 0.3) is 0 Å². The summed E-state index contributed by atoms with van der Waals surface area (Å²) in [6.07, 6.45) is 1.51. The van der Waals surface area contributed by atoms with Crippen LogP contribution in [0.25, 0.3) is 22.6 Å². The van der Waals surface area contributed by atoms with Crippen LogP contribution in [-0.2, 0) is 4.79 Å². The molecule has 0 unspecified atom stereocenters. The van der Waals surface area contributed by atoms with Crippen molar-refractivity contribution < 1.29 is 18.7 Å². The maximum atomic E-state index is 12.4. The van der Waals surface area contributed by atoms with Crippen LogP contribution in [0.4, 0.5) is 5.69 Å². The fourth-order valence-electron chi connectivity index (χ4n) is 2.69. The van der Waals surface area contributed by atoms with E-state index in [-0.39, 0.29) is 23.2 Å². The first-order valence-corrected chi connectivity index (χ1v) is 8.51. The van der Waals surface area contributed by atoms with Gasteiger partial charge in [0.15, 0.2) is 5.58 Å². The first-order valence-electron chi connectivity index (χ1n) is 8.51. The molecule has 0 saturated carbocycles. The van der Waals surface area contributed by atoms with Crippen LogP contribution >= 0.6 is 0 Å². The first-order chi connectivity index (χ1) is 13.6. The van der Waals surface area contributed by atoms with Crippen LogP contribution in [0.5, 0.6) is 5.75 Å². The highest BCUT2D eigenvalue weighted by atomic mass is 16.5. The Morgan fingerprint density at radius 3 is 2.61 bits per heavy atom. The lowest BCUT2D eigenvalue weighted by Crippen LogP contribution is -2.11. The summed E-state index contributed by atoms with van der Waals surface area (Å²) in [6, 6.07) is 17.1. The van der Waals surface area contributed by atoms with Crippen LogP contribution in [-0.4, -0.2) is 21.8 Å². The van der Waals surface area contributed by atoms with Gasteiger partial charge in [-0.1, -0.05) is 18.2 Å². The molecule has 0 spiro atoms. The number of carbonyl (C=O) groups is 2. The van der Waals surface area contributed by atoms with Crippen molar-refractivity contribution in [2.75, 3.05) is 5.32 Å². The molecule has 1 amide bonds. The maximum Gasteiger partial charge on any atom is 0.362 e. The Balaban J connectivity index is 1.76. The largest absolute Gasteiger partial charge is 0.436 e. The molecule has 0 aliphatic carbocycles. The number of amides is 1. The predicted molar refractivity (Wildman–Crippen MR) is 103 cm³/mol. The monoisotopic (exact) mass is 373 g/mol. The fraction of sp³-hybridized carbons (Fsp3) is 0.0476. The van der Waals surface area contributed by atoms with Crippen LogP contribution in [0.3, 0.4) is 0 Å². The molecule has 0 aliphatic rings. The maximum absolute atomic E-state index is 12.4. The Bertz CT molecular complexity index is 1140. The summed E-state index contributed by atoms with van der Waals surface area (Å²) in [5, 5.41) is 2.70. The number of nitrogens with one attached hydrogen (secondary N) is 1. The van der Waals surface area contributed by atoms with Gasteiger partial charge in [-0.15, -0.1) is 0 Å². The normalized spacial score (nSPS) is 10.6. The molecule has 0 bridgehead atoms. The minimum Gasteiger partial charge on any atom is -0.436 e. The van der Waals surface area contributed by atoms with Gasteiger partial charge in [0.2, 0.25) is 11.8 Å². The third-order valence-electron chi connectivity index (χ3n) is 3.90. The van der Waals surface area contributed by atoms with E-state index in [4.69, 9.17) is 9.15 Å². The number of rotatable bonds is 4. The van der Waals surface area contributed by atoms with Gasteiger partial charge in [-0.2, -0.15) is 0 Å². The molecule has 138 valence electrons. The molecule has 1 N–H and O–H groups in total. The number of pyridine rings is 1. The van der Waals surface area contributed by atoms with Crippen molar-refractivity contribution in [2.45, 2.75) is 6.92 Å². The lowest BCUT2D eigenvalue weighted by Gasteiger charge is -2.10. The number of nitrogens with zero attached hydrogens (tertiary/aromatic N) is 2. The number of hydrogen-bond donors (Lipinski definition) is 1. The van der Waals surface area contributed by atoms with Crippen molar-refractivity contribution in [3.8, 4) is 17.2 Å². The number of anilines is 1. The Morgan fingerprint density at radius 2 is 1.86 bits per heavy atom. The van der Waals surface area contributed by atoms with E-state index in [1.807, 2.05) is 18.2 Å². The summed E-state index contributed by atoms with van der Waals surface area (Å²) in [5.41, 5.74) is 2.42. The average Bonchev–Trinajstić information content (AvgIpc) is 3.13. The number of ether oxygens (including phenoxy) is 1. The minimum absolute atomic E-state index is 0.178. The zero-order valence-corrected chi connectivity index (χ0v) is 14.9. The summed E-state index contributed by atoms with van der Waals surface area (Å²) < 4.78 is 11.3. The standard InChI is InChI=1S/C21H15N3O4/c1-13(25)23-14-9-10-18(28-21(26)17-7-4-5-11-22-17)15(12-14)20-24-16-6-2-3-8-19(16)27-20/h2-12H,1H3,(H,23,25). The van der Waals surface area contributed by atoms with E-state index in [9.17, 15) is 9.59 Å². The van der Waals surface area contributed by atoms with Crippen molar-refractivity contribution in [3.05, 3.63) is 72.6 Å². The molecule has 2 heterocycles. The van der Waals surface area contributed by atoms with Gasteiger partial charge < -0.3 is 14.5 Å². The fourth-order valence-corrected chi connectivity index (χ4v) is 2.69. The number of carbonyl (C=O) groups excluding carboxylic acids is 2. The van der Waals surface area contributed by atoms with Crippen LogP contribution in [0, 0.1) is 0 Å². The topological polar surface area (TPSA) is 94.3 Å². The molecule has 0 radical (unpaired) electrons. The number of esters is 1. The molecule has 2 aromatic heterocycles. The molecule has 0 saturated heterocycles. The molecular weight excluding hydrogens is 358 g/mol. The van der Waals surface area contributed by atoms with Crippen LogP contribution < -0.4 is 10.1 Å². The Hall–Kier alpha value is -4.00. The summed E-state index contributed by atoms with van der Waals surface area (Å²) >= 11 is 0. The number of aromatic nitrogens is 2. The van der Waals surface area contributed by atoms with Crippen molar-refractivity contribution in [1.82, 2.24) is 9.97 Å². The molecule has 7 heteroatoms. The summed E-state index contributed by atoms with van der Waals surface area (Å²) in [6.45, 7) is 1.41. The highest BCUT2D eigenvalue weighted by Crippen LogP contribution is 2.34. The van der Waals surface area contributed by atoms with Gasteiger partial charge in [-0.3, -0.25) is 4.79 Å². The lowest BCUT2D eigenvalue weighted by atomic mass is 10.1. The zero-order chi connectivity index (χ0) is 19.5. The lowest BCUT2D eigenvalue weighted by molar-refractivity contribution is -0.114. The second-order valence-electron chi connectivity index (χ2n) is 5.98. The third kappa shape index (κ3) is 3.59. The zero-order valence-electron chi connectivity index (χ0n) is 14.9. The molecule has 28 heavy (non-hydrogen) atoms. The summed E-state index contributed by atoms with van der Waals surface area (Å²) in [7, 11) is 0. The van der Waals surface area contributed by atoms with E-state index < -0.39 is 5.97 Å². The quantitative estimate of drug-likeness (QED) is 0.428. The molecule has 4 aromatic rings. The first kappa shape index (κ1) is 17.4. The van der Waals surface area contributed by atoms with Crippen molar-refractivity contribution in [2.24, 2.45) is 0 Å². The van der Waals surface area contributed by atoms with Gasteiger partial charge in [-0.05, 0) is 42.5 Å². The molecular formula is C21H15N3O4. The Kier molecular flexibility index (Phi) is 4.55. The van der Waals surface area contributed by atoms with Gasteiger partial charge in [-0.25, -0.2) is 14.8 Å². The molecule has 0 atom stereocenters. The molecule has 7 nitrogen and oxygen atoms in total. The van der Waals surface area contributed by atoms with Crippen LogP contribution in [0.1, 0.15) is 17.4 Å². The van der Waals surface area contributed by atoms with E-state index in [0.29, 0.717) is 22.4 Å². The second-order valence-corrected chi connectivity index (χ2v) is 5.98. The highest BCUT2D eigenvalue weighted by molar-refractivity contribution is 5.92. The van der Waals surface area contributed by atoms with Gasteiger partial charge in [0.05, 0.1) is 5.56 Å². The molecule has 4 rings (SSSR count). The number of fused-ring (bicyclic) bond motifs is 1. The van der Waals surface area contributed by atoms with Gasteiger partial charge in [0.1, 0.15) is 17.0 Å². The minimum atomic E-state index is -0.606. The van der Waals surface area contributed by atoms with E-state index in [1.54, 1.807) is 42.5 Å². The van der Waals surface area contributed by atoms with E-state index in [2.05, 4.69) is 15.3 Å². The smallest absolute Gasteiger partial charge is 0.362 e. The SMILES string of the molecule is CC(=O)Nc1ccc(OC(=O)c2ccccn2)c(-c2nc3ccccc3o2)c1. The van der Waals surface area contributed by atoms with E-state index >= 15 is 0 Å². The van der Waals surface area contributed by atoms with Crippen LogP contribution in [0.15, 0.2) is 71.3 Å². The number of benzene rings is 2. The van der Waals surface area contributed by atoms with Crippen LogP contribution in [0.2, 0.25) is 0 Å². The predicted octanol–water partition coefficient (Wildman–Crippen LogP) is 4.07. The number of para-hydroxylation sites is 2. The second kappa shape index (κ2) is 7.32. The molecule has 0 aliphatic heterocycles. The van der Waals surface area contributed by atoms with Crippen molar-refractivity contribution in [1.29, 1.82) is 0 Å². The Morgan fingerprint density at radius 1 is 1.04 bits per heavy atom. The van der Waals surface area contributed by atoms with Crippen molar-refractivity contribution in [3.63, 3.8) is 0 Å². The number of oxazole rings is 1. The van der Waals surface area contributed by atoms with Crippen molar-refractivity contribution >= 4 is 28.7 Å². The molecule has 2 aromatic carbocycles. The Labute approximate surface area is 160 Å². The van der Waals surface area contributed by atoms with Gasteiger partial charge >= 0.3 is 5.97 Å².